The average Bonchev–Trinajstić information content (AvgIpc) is 3.80. The molecule has 224 valence electrons. The molecular formula is C39H26N4O2Pt. The van der Waals surface area contributed by atoms with Crippen molar-refractivity contribution in [2.75, 3.05) is 4.90 Å². The number of pyridine rings is 1. The van der Waals surface area contributed by atoms with Gasteiger partial charge in [-0.15, -0.1) is 35.7 Å². The van der Waals surface area contributed by atoms with Gasteiger partial charge in [0.25, 0.3) is 0 Å². The first-order valence-corrected chi connectivity index (χ1v) is 15.0. The molecule has 0 unspecified atom stereocenters. The van der Waals surface area contributed by atoms with Crippen LogP contribution in [0.5, 0.6) is 0 Å². The molecule has 4 aromatic carbocycles. The Morgan fingerprint density at radius 3 is 2.59 bits per heavy atom. The van der Waals surface area contributed by atoms with Gasteiger partial charge in [0, 0.05) is 42.1 Å². The molecule has 7 heteroatoms. The van der Waals surface area contributed by atoms with Crippen molar-refractivity contribution in [1.29, 1.82) is 0 Å². The van der Waals surface area contributed by atoms with E-state index in [1.165, 1.54) is 11.1 Å². The van der Waals surface area contributed by atoms with Gasteiger partial charge in [0.2, 0.25) is 0 Å². The molecule has 0 fully saturated rings. The third-order valence-electron chi connectivity index (χ3n) is 8.59. The molecule has 0 bridgehead atoms. The van der Waals surface area contributed by atoms with Crippen LogP contribution in [0.15, 0.2) is 118 Å². The van der Waals surface area contributed by atoms with Crippen LogP contribution in [0.2, 0.25) is 0 Å². The van der Waals surface area contributed by atoms with Gasteiger partial charge in [-0.1, -0.05) is 65.6 Å². The van der Waals surface area contributed by atoms with Crippen LogP contribution >= 0.6 is 0 Å². The van der Waals surface area contributed by atoms with Crippen molar-refractivity contribution in [3.8, 4) is 22.6 Å². The zero-order valence-electron chi connectivity index (χ0n) is 24.8. The fourth-order valence-electron chi connectivity index (χ4n) is 6.34. The predicted octanol–water partition coefficient (Wildman–Crippen LogP) is 9.82. The number of benzene rings is 4. The molecule has 4 aromatic heterocycles. The Morgan fingerprint density at radius 2 is 1.70 bits per heavy atom. The molecule has 0 saturated carbocycles. The number of para-hydroxylation sites is 3. The summed E-state index contributed by atoms with van der Waals surface area (Å²) in [7, 11) is 2.04. The van der Waals surface area contributed by atoms with Gasteiger partial charge < -0.3 is 18.3 Å². The molecule has 0 atom stereocenters. The number of anilines is 3. The van der Waals surface area contributed by atoms with Crippen LogP contribution in [0, 0.1) is 12.1 Å². The zero-order valence-corrected chi connectivity index (χ0v) is 27.1. The Kier molecular flexibility index (Phi) is 6.96. The molecule has 8 aromatic rings. The normalized spacial score (nSPS) is 12.5. The van der Waals surface area contributed by atoms with E-state index in [-0.39, 0.29) is 21.1 Å². The molecule has 0 radical (unpaired) electrons. The minimum absolute atomic E-state index is 0. The van der Waals surface area contributed by atoms with E-state index < -0.39 is 0 Å². The number of rotatable bonds is 5. The first kappa shape index (κ1) is 28.3. The number of hydrogen-bond donors (Lipinski definition) is 0. The Labute approximate surface area is 279 Å². The van der Waals surface area contributed by atoms with Gasteiger partial charge in [0.15, 0.2) is 0 Å². The fraction of sp³-hybridized carbons (Fsp3) is 0.0769. The van der Waals surface area contributed by atoms with Crippen molar-refractivity contribution in [3.63, 3.8) is 0 Å². The summed E-state index contributed by atoms with van der Waals surface area (Å²) in [5, 5.41) is 1.73. The zero-order chi connectivity index (χ0) is 29.9. The number of hydrogen-bond acceptors (Lipinski definition) is 5. The van der Waals surface area contributed by atoms with Gasteiger partial charge in [-0.3, -0.25) is 4.98 Å². The van der Waals surface area contributed by atoms with Gasteiger partial charge in [-0.25, -0.2) is 4.98 Å². The number of imidazole rings is 1. The molecule has 46 heavy (non-hydrogen) atoms. The van der Waals surface area contributed by atoms with Gasteiger partial charge in [-0.2, -0.15) is 0 Å². The minimum atomic E-state index is 0. The van der Waals surface area contributed by atoms with Crippen LogP contribution in [0.4, 0.5) is 17.3 Å². The van der Waals surface area contributed by atoms with E-state index in [4.69, 9.17) is 18.8 Å². The van der Waals surface area contributed by atoms with E-state index in [2.05, 4.69) is 59.2 Å². The second-order valence-corrected chi connectivity index (χ2v) is 11.3. The van der Waals surface area contributed by atoms with Gasteiger partial charge in [-0.05, 0) is 65.6 Å². The smallest absolute Gasteiger partial charge is 0.518 e. The van der Waals surface area contributed by atoms with Crippen LogP contribution in [0.1, 0.15) is 17.5 Å². The predicted molar refractivity (Wildman–Crippen MR) is 179 cm³/mol. The topological polar surface area (TPSA) is 60.2 Å². The van der Waals surface area contributed by atoms with Gasteiger partial charge in [0.1, 0.15) is 5.88 Å². The largest absolute Gasteiger partial charge is 2.00 e. The van der Waals surface area contributed by atoms with Crippen molar-refractivity contribution in [1.82, 2.24) is 14.5 Å². The number of aromatic nitrogens is 3. The monoisotopic (exact) mass is 777 g/mol. The van der Waals surface area contributed by atoms with Crippen molar-refractivity contribution < 1.29 is 29.9 Å². The van der Waals surface area contributed by atoms with Crippen molar-refractivity contribution >= 4 is 56.3 Å². The van der Waals surface area contributed by atoms with Crippen molar-refractivity contribution in [2.24, 2.45) is 7.05 Å². The van der Waals surface area contributed by atoms with E-state index in [0.29, 0.717) is 5.88 Å². The third-order valence-corrected chi connectivity index (χ3v) is 8.59. The molecule has 0 aliphatic heterocycles. The Morgan fingerprint density at radius 1 is 0.848 bits per heavy atom. The van der Waals surface area contributed by atoms with Gasteiger partial charge in [0.05, 0.1) is 16.9 Å². The summed E-state index contributed by atoms with van der Waals surface area (Å²) >= 11 is 0. The van der Waals surface area contributed by atoms with Crippen molar-refractivity contribution in [3.05, 3.63) is 133 Å². The molecule has 0 N–H and O–H groups in total. The quantitative estimate of drug-likeness (QED) is 0.163. The summed E-state index contributed by atoms with van der Waals surface area (Å²) < 4.78 is 14.7. The molecule has 0 saturated heterocycles. The number of fused-ring (bicyclic) bond motifs is 4. The number of nitrogens with zero attached hydrogens (tertiary/aromatic N) is 4. The Bertz CT molecular complexity index is 2420. The first-order valence-electron chi connectivity index (χ1n) is 15.0. The molecule has 4 heterocycles. The molecule has 9 rings (SSSR count). The molecule has 0 amide bonds. The summed E-state index contributed by atoms with van der Waals surface area (Å²) in [6.45, 7) is 0. The standard InChI is InChI=1S/C39H26N4O2.Pt/c1-42-35-16-8-7-15-33(35)41-39(42)29-14-9-17-37-31(29)22-38(45-37)43(27-12-3-2-4-13-27)28-18-19-36-30(21-28)32(24-44-36)34-20-25-10-5-6-11-26(25)23-40-34;/h2-4,6-9,11-20,23-24H,5,10H2,1H3;/q-2;+2. The maximum Gasteiger partial charge on any atom is 2.00 e. The molecule has 0 spiro atoms. The van der Waals surface area contributed by atoms with Crippen LogP contribution < -0.4 is 4.90 Å². The second kappa shape index (κ2) is 11.3. The van der Waals surface area contributed by atoms with E-state index in [9.17, 15) is 0 Å². The maximum absolute atomic E-state index is 6.56. The number of aryl methyl sites for hydroxylation is 2. The second-order valence-electron chi connectivity index (χ2n) is 11.3. The SMILES string of the molecule is Cn1c(-c2cccc3oc(N(c4[c-]c5c(-c6cc7c(cn6)C=CCC7)coc5cc4)c4ccccc4)[c-]c23)nc2ccccc21.[Pt+2]. The number of furan rings is 2. The van der Waals surface area contributed by atoms with E-state index in [1.54, 1.807) is 6.26 Å². The summed E-state index contributed by atoms with van der Waals surface area (Å²) in [5.74, 6) is 1.42. The van der Waals surface area contributed by atoms with Crippen molar-refractivity contribution in [2.45, 2.75) is 12.8 Å². The molecule has 1 aliphatic carbocycles. The Hall–Kier alpha value is -5.19. The first-order chi connectivity index (χ1) is 22.2. The van der Waals surface area contributed by atoms with Crippen LogP contribution in [0.25, 0.3) is 61.7 Å². The van der Waals surface area contributed by atoms with E-state index in [0.717, 1.165) is 79.8 Å². The maximum atomic E-state index is 6.56. The minimum Gasteiger partial charge on any atom is -0.518 e. The van der Waals surface area contributed by atoms with Crippen LogP contribution in [-0.4, -0.2) is 14.5 Å². The van der Waals surface area contributed by atoms with E-state index >= 15 is 0 Å². The summed E-state index contributed by atoms with van der Waals surface area (Å²) in [5.41, 5.74) is 10.5. The summed E-state index contributed by atoms with van der Waals surface area (Å²) in [4.78, 5) is 11.8. The fourth-order valence-corrected chi connectivity index (χ4v) is 6.34. The molecule has 1 aliphatic rings. The van der Waals surface area contributed by atoms with Crippen LogP contribution in [0.3, 0.4) is 0 Å². The summed E-state index contributed by atoms with van der Waals surface area (Å²) in [6, 6.07) is 37.8. The van der Waals surface area contributed by atoms with Gasteiger partial charge >= 0.3 is 21.1 Å². The number of allylic oxidation sites excluding steroid dienone is 1. The average molecular weight is 778 g/mol. The Balaban J connectivity index is 0.00000312. The van der Waals surface area contributed by atoms with Crippen LogP contribution in [-0.2, 0) is 34.5 Å². The molecular weight excluding hydrogens is 752 g/mol. The molecule has 6 nitrogen and oxygen atoms in total. The van der Waals surface area contributed by atoms with E-state index in [1.807, 2.05) is 78.8 Å². The summed E-state index contributed by atoms with van der Waals surface area (Å²) in [6.07, 6.45) is 10.1. The third kappa shape index (κ3) is 4.60.